The fourth-order valence-electron chi connectivity index (χ4n) is 6.94. The van der Waals surface area contributed by atoms with Crippen LogP contribution in [0.2, 0.25) is 5.02 Å². The molecule has 0 radical (unpaired) electrons. The molecule has 1 saturated carbocycles. The summed E-state index contributed by atoms with van der Waals surface area (Å²) in [5.41, 5.74) is 0. The summed E-state index contributed by atoms with van der Waals surface area (Å²) in [6.07, 6.45) is 12.9. The van der Waals surface area contributed by atoms with Gasteiger partial charge < -0.3 is 24.8 Å². The predicted molar refractivity (Wildman–Crippen MR) is 180 cm³/mol. The number of thiophene rings is 1. The van der Waals surface area contributed by atoms with Crippen molar-refractivity contribution >= 4 is 40.7 Å². The number of Topliss-reactive ketones (excluding diaryl/α,β-unsaturated/α-hetero) is 1. The monoisotopic (exact) mass is 656 g/mol. The average molecular weight is 657 g/mol. The minimum atomic E-state index is -0.714. The molecule has 3 fully saturated rings. The summed E-state index contributed by atoms with van der Waals surface area (Å²) in [6, 6.07) is 10.2. The Morgan fingerprint density at radius 3 is 2.47 bits per heavy atom. The number of ketones is 1. The Morgan fingerprint density at radius 1 is 0.933 bits per heavy atom. The van der Waals surface area contributed by atoms with Crippen LogP contribution in [0.5, 0.6) is 5.75 Å². The number of hydrogen-bond donors (Lipinski definition) is 1. The maximum Gasteiger partial charge on any atom is 0.415 e. The van der Waals surface area contributed by atoms with E-state index in [-0.39, 0.29) is 30.0 Å². The number of para-hydroxylation sites is 1. The van der Waals surface area contributed by atoms with Crippen LogP contribution in [0.4, 0.5) is 4.79 Å². The third-order valence-electron chi connectivity index (χ3n) is 9.53. The number of unbranched alkanes of at least 4 members (excludes halogenated alkanes) is 1. The standard InChI is InChI=1S/C35H49ClN4O4S/c36-29-15-5-6-17-33(29)44-35(43)39-23-24-40(31(26-39)32(41)19-18-28-14-11-25-45-28)34(42)30(37-27-12-3-1-4-13-27)16-7-10-22-38-20-8-2-9-21-38/h5-6,11,14-15,17,25,27,30-31,37H,1-4,7-10,12-13,16,18-24,26H2/t30-,31+/m1/s1. The lowest BCUT2D eigenvalue weighted by molar-refractivity contribution is -0.144. The molecule has 10 heteroatoms. The topological polar surface area (TPSA) is 82.2 Å². The lowest BCUT2D eigenvalue weighted by atomic mass is 9.93. The van der Waals surface area contributed by atoms with Crippen LogP contribution < -0.4 is 10.1 Å². The fraction of sp³-hybridized carbons (Fsp3) is 0.629. The van der Waals surface area contributed by atoms with E-state index in [1.165, 1.54) is 51.6 Å². The van der Waals surface area contributed by atoms with E-state index in [0.717, 1.165) is 43.5 Å². The zero-order chi connectivity index (χ0) is 31.4. The number of nitrogens with zero attached hydrogens (tertiary/aromatic N) is 3. The van der Waals surface area contributed by atoms with Crippen molar-refractivity contribution in [1.29, 1.82) is 0 Å². The molecule has 0 spiro atoms. The number of carbonyl (C=O) groups excluding carboxylic acids is 3. The van der Waals surface area contributed by atoms with Crippen LogP contribution >= 0.6 is 22.9 Å². The number of piperazine rings is 1. The molecule has 1 N–H and O–H groups in total. The number of nitrogens with one attached hydrogen (secondary N) is 1. The fourth-order valence-corrected chi connectivity index (χ4v) is 7.82. The van der Waals surface area contributed by atoms with Crippen molar-refractivity contribution in [1.82, 2.24) is 20.0 Å². The first kappa shape index (κ1) is 33.9. The zero-order valence-electron chi connectivity index (χ0n) is 26.5. The number of halogens is 1. The Labute approximate surface area is 277 Å². The summed E-state index contributed by atoms with van der Waals surface area (Å²) < 4.78 is 5.62. The number of carbonyl (C=O) groups is 3. The Balaban J connectivity index is 1.27. The molecule has 2 saturated heterocycles. The maximum atomic E-state index is 14.4. The average Bonchev–Trinajstić information content (AvgIpc) is 3.60. The molecule has 2 aliphatic heterocycles. The van der Waals surface area contributed by atoms with Gasteiger partial charge in [-0.05, 0) is 88.2 Å². The summed E-state index contributed by atoms with van der Waals surface area (Å²) in [7, 11) is 0. The van der Waals surface area contributed by atoms with Crippen LogP contribution in [0, 0.1) is 0 Å². The van der Waals surface area contributed by atoms with Gasteiger partial charge in [0.1, 0.15) is 6.04 Å². The second-order valence-corrected chi connectivity index (χ2v) is 14.2. The van der Waals surface area contributed by atoms with Crippen molar-refractivity contribution in [3.8, 4) is 5.75 Å². The largest absolute Gasteiger partial charge is 0.415 e. The van der Waals surface area contributed by atoms with E-state index < -0.39 is 12.1 Å². The molecular formula is C35H49ClN4O4S. The van der Waals surface area contributed by atoms with Crippen LogP contribution in [-0.2, 0) is 16.0 Å². The van der Waals surface area contributed by atoms with Crippen molar-refractivity contribution in [2.45, 2.75) is 102 Å². The third-order valence-corrected chi connectivity index (χ3v) is 10.8. The summed E-state index contributed by atoms with van der Waals surface area (Å²) in [6.45, 7) is 4.16. The van der Waals surface area contributed by atoms with Gasteiger partial charge in [-0.2, -0.15) is 0 Å². The molecule has 3 heterocycles. The van der Waals surface area contributed by atoms with E-state index >= 15 is 0 Å². The Kier molecular flexibility index (Phi) is 13.1. The van der Waals surface area contributed by atoms with Gasteiger partial charge in [0.2, 0.25) is 5.91 Å². The Morgan fingerprint density at radius 2 is 1.71 bits per heavy atom. The first-order valence-electron chi connectivity index (χ1n) is 17.0. The van der Waals surface area contributed by atoms with E-state index in [2.05, 4.69) is 10.2 Å². The summed E-state index contributed by atoms with van der Waals surface area (Å²) in [5.74, 6) is 0.255. The molecule has 1 aliphatic carbocycles. The molecule has 5 rings (SSSR count). The lowest BCUT2D eigenvalue weighted by Gasteiger charge is -2.42. The molecule has 2 atom stereocenters. The van der Waals surface area contributed by atoms with Gasteiger partial charge in [-0.25, -0.2) is 4.79 Å². The molecule has 2 aromatic rings. The van der Waals surface area contributed by atoms with E-state index in [9.17, 15) is 14.4 Å². The van der Waals surface area contributed by atoms with E-state index in [1.807, 2.05) is 17.5 Å². The van der Waals surface area contributed by atoms with E-state index in [1.54, 1.807) is 45.4 Å². The molecule has 8 nitrogen and oxygen atoms in total. The molecule has 3 aliphatic rings. The minimum Gasteiger partial charge on any atom is -0.409 e. The minimum absolute atomic E-state index is 0.00728. The first-order valence-corrected chi connectivity index (χ1v) is 18.3. The van der Waals surface area contributed by atoms with Crippen LogP contribution in [0.25, 0.3) is 0 Å². The van der Waals surface area contributed by atoms with Gasteiger partial charge in [-0.1, -0.05) is 61.9 Å². The van der Waals surface area contributed by atoms with Gasteiger partial charge in [-0.3, -0.25) is 9.59 Å². The highest BCUT2D eigenvalue weighted by Crippen LogP contribution is 2.26. The highest BCUT2D eigenvalue weighted by atomic mass is 35.5. The molecule has 1 aromatic carbocycles. The third kappa shape index (κ3) is 10.0. The van der Waals surface area contributed by atoms with Crippen LogP contribution in [0.15, 0.2) is 41.8 Å². The SMILES string of the molecule is O=C(CCc1cccs1)[C@@H]1CN(C(=O)Oc2ccccc2Cl)CCN1C(=O)[C@@H](CCCCN1CCCCC1)NC1CCCCC1. The summed E-state index contributed by atoms with van der Waals surface area (Å²) >= 11 is 7.87. The van der Waals surface area contributed by atoms with Gasteiger partial charge in [-0.15, -0.1) is 11.3 Å². The molecule has 1 aromatic heterocycles. The summed E-state index contributed by atoms with van der Waals surface area (Å²) in [5, 5.41) is 6.10. The number of aryl methyl sites for hydroxylation is 1. The van der Waals surface area contributed by atoms with Crippen molar-refractivity contribution in [2.24, 2.45) is 0 Å². The smallest absolute Gasteiger partial charge is 0.409 e. The van der Waals surface area contributed by atoms with Crippen LogP contribution in [-0.4, -0.2) is 89.9 Å². The van der Waals surface area contributed by atoms with Crippen molar-refractivity contribution in [2.75, 3.05) is 39.3 Å². The van der Waals surface area contributed by atoms with Crippen molar-refractivity contribution < 1.29 is 19.1 Å². The number of amides is 2. The quantitative estimate of drug-likeness (QED) is 0.246. The number of piperidine rings is 1. The molecular weight excluding hydrogens is 608 g/mol. The number of ether oxygens (including phenoxy) is 1. The highest BCUT2D eigenvalue weighted by molar-refractivity contribution is 7.09. The second kappa shape index (κ2) is 17.5. The van der Waals surface area contributed by atoms with Crippen molar-refractivity contribution in [3.05, 3.63) is 51.7 Å². The lowest BCUT2D eigenvalue weighted by Crippen LogP contribution is -2.63. The van der Waals surface area contributed by atoms with E-state index in [0.29, 0.717) is 37.0 Å². The van der Waals surface area contributed by atoms with Crippen LogP contribution in [0.3, 0.4) is 0 Å². The predicted octanol–water partition coefficient (Wildman–Crippen LogP) is 6.56. The molecule has 0 bridgehead atoms. The van der Waals surface area contributed by atoms with E-state index in [4.69, 9.17) is 16.3 Å². The maximum absolute atomic E-state index is 14.4. The Hall–Kier alpha value is -2.46. The number of likely N-dealkylation sites (tertiary alicyclic amines) is 1. The molecule has 0 unspecified atom stereocenters. The van der Waals surface area contributed by atoms with Gasteiger partial charge in [0, 0.05) is 30.4 Å². The number of benzene rings is 1. The first-order chi connectivity index (χ1) is 22.0. The number of rotatable bonds is 13. The van der Waals surface area contributed by atoms with Gasteiger partial charge in [0.25, 0.3) is 0 Å². The Bertz CT molecular complexity index is 1230. The van der Waals surface area contributed by atoms with Crippen LogP contribution in [0.1, 0.15) is 81.9 Å². The highest BCUT2D eigenvalue weighted by Gasteiger charge is 2.40. The van der Waals surface area contributed by atoms with Gasteiger partial charge in [0.05, 0.1) is 17.6 Å². The molecule has 45 heavy (non-hydrogen) atoms. The second-order valence-electron chi connectivity index (χ2n) is 12.8. The van der Waals surface area contributed by atoms with Gasteiger partial charge in [0.15, 0.2) is 11.5 Å². The van der Waals surface area contributed by atoms with Crippen molar-refractivity contribution in [3.63, 3.8) is 0 Å². The normalized spacial score (nSPS) is 20.6. The zero-order valence-corrected chi connectivity index (χ0v) is 28.0. The summed E-state index contributed by atoms with van der Waals surface area (Å²) in [4.78, 5) is 48.4. The molecule has 2 amide bonds. The number of hydrogen-bond acceptors (Lipinski definition) is 7. The molecule has 246 valence electrons. The van der Waals surface area contributed by atoms with Gasteiger partial charge >= 0.3 is 6.09 Å².